The van der Waals surface area contributed by atoms with Crippen molar-refractivity contribution in [3.05, 3.63) is 30.3 Å². The smallest absolute Gasteiger partial charge is 0.303 e. The molecule has 16 heavy (non-hydrogen) atoms. The minimum Gasteiger partial charge on any atom is -0.458 e. The Bertz CT molecular complexity index is 398. The lowest BCUT2D eigenvalue weighted by Crippen LogP contribution is -2.17. The Kier molecular flexibility index (Phi) is 4.31. The Morgan fingerprint density at radius 3 is 2.31 bits per heavy atom. The second-order valence-electron chi connectivity index (χ2n) is 3.99. The van der Waals surface area contributed by atoms with Gasteiger partial charge in [-0.25, -0.2) is 0 Å². The van der Waals surface area contributed by atoms with Gasteiger partial charge in [0.25, 0.3) is 0 Å². The molecule has 1 rings (SSSR count). The van der Waals surface area contributed by atoms with Gasteiger partial charge in [-0.1, -0.05) is 44.2 Å². The van der Waals surface area contributed by atoms with Gasteiger partial charge in [-0.05, 0) is 0 Å². The van der Waals surface area contributed by atoms with Gasteiger partial charge in [0.1, 0.15) is 6.35 Å². The summed E-state index contributed by atoms with van der Waals surface area (Å²) in [5, 5.41) is 0.770. The van der Waals surface area contributed by atoms with E-state index in [0.717, 1.165) is 5.30 Å². The summed E-state index contributed by atoms with van der Waals surface area (Å²) in [6.07, 6.45) is -0.00991. The summed E-state index contributed by atoms with van der Waals surface area (Å²) >= 11 is 0. The number of hydrogen-bond donors (Lipinski definition) is 0. The number of esters is 1. The van der Waals surface area contributed by atoms with Crippen molar-refractivity contribution >= 4 is 18.4 Å². The van der Waals surface area contributed by atoms with Gasteiger partial charge in [-0.3, -0.25) is 4.79 Å². The molecule has 0 aliphatic rings. The van der Waals surface area contributed by atoms with E-state index in [1.54, 1.807) is 0 Å². The highest BCUT2D eigenvalue weighted by Gasteiger charge is 2.29. The second kappa shape index (κ2) is 5.31. The maximum absolute atomic E-state index is 12.7. The number of rotatable bonds is 4. The van der Waals surface area contributed by atoms with Crippen LogP contribution in [0.4, 0.5) is 0 Å². The maximum Gasteiger partial charge on any atom is 0.303 e. The third-order valence-electron chi connectivity index (χ3n) is 2.49. The highest BCUT2D eigenvalue weighted by atomic mass is 31.2. The van der Waals surface area contributed by atoms with Crippen LogP contribution in [-0.4, -0.2) is 18.0 Å². The molecule has 0 bridgehead atoms. The van der Waals surface area contributed by atoms with Crippen molar-refractivity contribution in [1.29, 1.82) is 0 Å². The summed E-state index contributed by atoms with van der Waals surface area (Å²) in [4.78, 5) is 10.8. The predicted molar refractivity (Wildman–Crippen MR) is 65.5 cm³/mol. The molecule has 0 spiro atoms. The molecule has 1 atom stereocenters. The third-order valence-corrected chi connectivity index (χ3v) is 5.84. The van der Waals surface area contributed by atoms with Gasteiger partial charge in [0.05, 0.1) is 0 Å². The largest absolute Gasteiger partial charge is 0.458 e. The molecule has 0 fully saturated rings. The van der Waals surface area contributed by atoms with E-state index in [-0.39, 0.29) is 12.0 Å². The molecule has 0 N–H and O–H groups in total. The normalized spacial score (nSPS) is 14.5. The summed E-state index contributed by atoms with van der Waals surface area (Å²) in [5.41, 5.74) is -0.0331. The van der Waals surface area contributed by atoms with E-state index in [1.165, 1.54) is 6.92 Å². The maximum atomic E-state index is 12.7. The first-order valence-corrected chi connectivity index (χ1v) is 7.20. The number of hydrogen-bond acceptors (Lipinski definition) is 3. The fraction of sp³-hybridized carbons (Fsp3) is 0.417. The van der Waals surface area contributed by atoms with Crippen molar-refractivity contribution in [2.24, 2.45) is 0 Å². The molecule has 0 aromatic heterocycles. The SMILES string of the molecule is CC(=O)OC[P@](=O)(c1ccccc1)C(C)C. The van der Waals surface area contributed by atoms with Crippen LogP contribution in [0, 0.1) is 0 Å². The van der Waals surface area contributed by atoms with Crippen LogP contribution in [0.15, 0.2) is 30.3 Å². The Morgan fingerprint density at radius 1 is 1.31 bits per heavy atom. The second-order valence-corrected chi connectivity index (χ2v) is 7.39. The average Bonchev–Trinajstić information content (AvgIpc) is 2.26. The van der Waals surface area contributed by atoms with Gasteiger partial charge in [0, 0.05) is 17.9 Å². The fourth-order valence-electron chi connectivity index (χ4n) is 1.39. The van der Waals surface area contributed by atoms with Gasteiger partial charge in [0.2, 0.25) is 0 Å². The zero-order chi connectivity index (χ0) is 12.2. The molecule has 0 heterocycles. The van der Waals surface area contributed by atoms with Crippen molar-refractivity contribution in [2.45, 2.75) is 26.4 Å². The topological polar surface area (TPSA) is 43.4 Å². The molecule has 0 aliphatic heterocycles. The molecule has 0 aliphatic carbocycles. The van der Waals surface area contributed by atoms with Crippen LogP contribution in [0.3, 0.4) is 0 Å². The summed E-state index contributed by atoms with van der Waals surface area (Å²) in [5.74, 6) is -0.392. The molecule has 1 aromatic rings. The number of carbonyl (C=O) groups excluding carboxylic acids is 1. The molecular formula is C12H17O3P. The van der Waals surface area contributed by atoms with E-state index in [4.69, 9.17) is 4.74 Å². The summed E-state index contributed by atoms with van der Waals surface area (Å²) in [6.45, 7) is 5.10. The fourth-order valence-corrected chi connectivity index (χ4v) is 3.48. The molecule has 88 valence electrons. The first kappa shape index (κ1) is 13.0. The molecule has 0 saturated carbocycles. The monoisotopic (exact) mass is 240 g/mol. The van der Waals surface area contributed by atoms with Crippen LogP contribution in [0.25, 0.3) is 0 Å². The van der Waals surface area contributed by atoms with Crippen LogP contribution < -0.4 is 5.30 Å². The zero-order valence-corrected chi connectivity index (χ0v) is 10.7. The molecule has 0 radical (unpaired) electrons. The first-order valence-electron chi connectivity index (χ1n) is 5.24. The molecule has 0 saturated heterocycles. The molecule has 4 heteroatoms. The van der Waals surface area contributed by atoms with E-state index in [9.17, 15) is 9.36 Å². The molecular weight excluding hydrogens is 223 g/mol. The highest BCUT2D eigenvalue weighted by molar-refractivity contribution is 7.72. The van der Waals surface area contributed by atoms with Crippen LogP contribution >= 0.6 is 7.14 Å². The van der Waals surface area contributed by atoms with Gasteiger partial charge in [-0.15, -0.1) is 0 Å². The highest BCUT2D eigenvalue weighted by Crippen LogP contribution is 2.49. The van der Waals surface area contributed by atoms with E-state index in [2.05, 4.69) is 0 Å². The number of ether oxygens (including phenoxy) is 1. The van der Waals surface area contributed by atoms with Crippen molar-refractivity contribution < 1.29 is 14.1 Å². The average molecular weight is 240 g/mol. The van der Waals surface area contributed by atoms with Crippen LogP contribution in [0.1, 0.15) is 20.8 Å². The van der Waals surface area contributed by atoms with Gasteiger partial charge < -0.3 is 9.30 Å². The van der Waals surface area contributed by atoms with E-state index in [0.29, 0.717) is 0 Å². The van der Waals surface area contributed by atoms with Crippen molar-refractivity contribution in [3.8, 4) is 0 Å². The summed E-state index contributed by atoms with van der Waals surface area (Å²) in [7, 11) is -2.64. The zero-order valence-electron chi connectivity index (χ0n) is 9.84. The minimum atomic E-state index is -2.64. The number of benzene rings is 1. The first-order chi connectivity index (χ1) is 7.47. The van der Waals surface area contributed by atoms with Crippen molar-refractivity contribution in [1.82, 2.24) is 0 Å². The quantitative estimate of drug-likeness (QED) is 0.600. The van der Waals surface area contributed by atoms with Crippen LogP contribution in [-0.2, 0) is 14.1 Å². The molecule has 0 amide bonds. The summed E-state index contributed by atoms with van der Waals surface area (Å²) < 4.78 is 17.7. The van der Waals surface area contributed by atoms with E-state index >= 15 is 0 Å². The lowest BCUT2D eigenvalue weighted by atomic mass is 10.4. The molecule has 1 aromatic carbocycles. The standard InChI is InChI=1S/C12H17O3P/c1-10(2)16(14,9-15-11(3)13)12-7-5-4-6-8-12/h4-8,10H,9H2,1-3H3/t16-/m1/s1. The van der Waals surface area contributed by atoms with Crippen LogP contribution in [0.5, 0.6) is 0 Å². The van der Waals surface area contributed by atoms with Gasteiger partial charge in [-0.2, -0.15) is 0 Å². The number of carbonyl (C=O) groups is 1. The van der Waals surface area contributed by atoms with Crippen molar-refractivity contribution in [2.75, 3.05) is 6.35 Å². The van der Waals surface area contributed by atoms with E-state index in [1.807, 2.05) is 44.2 Å². The van der Waals surface area contributed by atoms with Crippen LogP contribution in [0.2, 0.25) is 0 Å². The Balaban J connectivity index is 2.98. The molecule has 0 unspecified atom stereocenters. The lowest BCUT2D eigenvalue weighted by molar-refractivity contribution is -0.138. The Labute approximate surface area is 96.2 Å². The third kappa shape index (κ3) is 2.96. The van der Waals surface area contributed by atoms with Crippen molar-refractivity contribution in [3.63, 3.8) is 0 Å². The predicted octanol–water partition coefficient (Wildman–Crippen LogP) is 2.60. The summed E-state index contributed by atoms with van der Waals surface area (Å²) in [6, 6.07) is 9.21. The van der Waals surface area contributed by atoms with Gasteiger partial charge >= 0.3 is 5.97 Å². The molecule has 3 nitrogen and oxygen atoms in total. The minimum absolute atomic E-state index is 0.00991. The lowest BCUT2D eigenvalue weighted by Gasteiger charge is -2.21. The van der Waals surface area contributed by atoms with E-state index < -0.39 is 13.1 Å². The Hall–Kier alpha value is -1.08. The Morgan fingerprint density at radius 2 is 1.88 bits per heavy atom. The van der Waals surface area contributed by atoms with Gasteiger partial charge in [0.15, 0.2) is 7.14 Å².